The van der Waals surface area contributed by atoms with Crippen molar-refractivity contribution in [3.63, 3.8) is 0 Å². The molecule has 2 aliphatic rings. The Labute approximate surface area is 150 Å². The molecule has 0 saturated heterocycles. The van der Waals surface area contributed by atoms with E-state index >= 15 is 0 Å². The summed E-state index contributed by atoms with van der Waals surface area (Å²) in [6.07, 6.45) is 0. The smallest absolute Gasteiger partial charge is 0.338 e. The van der Waals surface area contributed by atoms with Gasteiger partial charge in [0.25, 0.3) is 0 Å². The number of hydrogen-bond acceptors (Lipinski definition) is 5. The third-order valence-corrected chi connectivity index (χ3v) is 5.56. The summed E-state index contributed by atoms with van der Waals surface area (Å²) in [5, 5.41) is 5.31. The van der Waals surface area contributed by atoms with Crippen molar-refractivity contribution in [2.75, 3.05) is 7.11 Å². The van der Waals surface area contributed by atoms with Crippen molar-refractivity contribution in [2.45, 2.75) is 19.9 Å². The Morgan fingerprint density at radius 2 is 1.92 bits per heavy atom. The molecule has 126 valence electrons. The summed E-state index contributed by atoms with van der Waals surface area (Å²) < 4.78 is 5.06. The predicted octanol–water partition coefficient (Wildman–Crippen LogP) is 4.61. The number of carbonyl (C=O) groups is 1. The number of amidine groups is 1. The molecule has 0 saturated carbocycles. The molecule has 0 spiro atoms. The number of hydrogen-bond donors (Lipinski definition) is 0. The van der Waals surface area contributed by atoms with E-state index in [4.69, 9.17) is 4.74 Å². The van der Waals surface area contributed by atoms with Gasteiger partial charge in [0.2, 0.25) is 0 Å². The van der Waals surface area contributed by atoms with Gasteiger partial charge in [0.15, 0.2) is 5.17 Å². The van der Waals surface area contributed by atoms with Crippen LogP contribution >= 0.6 is 11.8 Å². The molecule has 2 aromatic rings. The van der Waals surface area contributed by atoms with Gasteiger partial charge in [-0.25, -0.2) is 9.79 Å². The van der Waals surface area contributed by atoms with Gasteiger partial charge >= 0.3 is 5.97 Å². The molecule has 0 aliphatic carbocycles. The molecule has 1 atom stereocenters. The predicted molar refractivity (Wildman–Crippen MR) is 102 cm³/mol. The highest BCUT2D eigenvalue weighted by Gasteiger charge is 2.39. The van der Waals surface area contributed by atoms with Crippen LogP contribution in [0.25, 0.3) is 10.8 Å². The molecule has 0 aromatic heterocycles. The number of methoxy groups -OCH3 is 1. The van der Waals surface area contributed by atoms with Gasteiger partial charge in [0.05, 0.1) is 24.4 Å². The minimum Gasteiger partial charge on any atom is -0.466 e. The second-order valence-corrected chi connectivity index (χ2v) is 6.98. The molecule has 4 rings (SSSR count). The molecular weight excluding hydrogens is 332 g/mol. The van der Waals surface area contributed by atoms with Crippen LogP contribution in [-0.2, 0) is 9.53 Å². The van der Waals surface area contributed by atoms with Crippen LogP contribution in [-0.4, -0.2) is 23.1 Å². The number of fused-ring (bicyclic) bond motifs is 2. The molecule has 2 aromatic carbocycles. The van der Waals surface area contributed by atoms with Crippen LogP contribution < -0.4 is 0 Å². The zero-order valence-corrected chi connectivity index (χ0v) is 15.1. The molecule has 1 unspecified atom stereocenters. The highest BCUT2D eigenvalue weighted by Crippen LogP contribution is 2.44. The Balaban J connectivity index is 1.92. The molecule has 25 heavy (non-hydrogen) atoms. The Bertz CT molecular complexity index is 975. The lowest BCUT2D eigenvalue weighted by Gasteiger charge is -2.35. The maximum atomic E-state index is 12.5. The van der Waals surface area contributed by atoms with Gasteiger partial charge in [-0.2, -0.15) is 0 Å². The van der Waals surface area contributed by atoms with Crippen molar-refractivity contribution in [3.05, 3.63) is 70.4 Å². The van der Waals surface area contributed by atoms with Crippen LogP contribution in [0.1, 0.15) is 25.5 Å². The molecule has 0 N–H and O–H groups in total. The molecule has 4 nitrogen and oxygen atoms in total. The summed E-state index contributed by atoms with van der Waals surface area (Å²) >= 11 is 1.59. The van der Waals surface area contributed by atoms with E-state index in [1.54, 1.807) is 11.8 Å². The largest absolute Gasteiger partial charge is 0.466 e. The zero-order chi connectivity index (χ0) is 17.6. The fourth-order valence-electron chi connectivity index (χ4n) is 3.39. The second-order valence-electron chi connectivity index (χ2n) is 6.14. The summed E-state index contributed by atoms with van der Waals surface area (Å²) in [6, 6.07) is 14.3. The van der Waals surface area contributed by atoms with E-state index in [-0.39, 0.29) is 12.0 Å². The molecule has 0 fully saturated rings. The average Bonchev–Trinajstić information content (AvgIpc) is 3.00. The number of nitrogens with zero attached hydrogens (tertiary/aromatic N) is 2. The Morgan fingerprint density at radius 1 is 1.16 bits per heavy atom. The topological polar surface area (TPSA) is 41.9 Å². The monoisotopic (exact) mass is 350 g/mol. The second kappa shape index (κ2) is 6.08. The quantitative estimate of drug-likeness (QED) is 0.742. The van der Waals surface area contributed by atoms with Gasteiger partial charge in [-0.3, -0.25) is 0 Å². The number of thioether (sulfide) groups is 1. The van der Waals surface area contributed by atoms with Gasteiger partial charge in [-0.15, -0.1) is 0 Å². The van der Waals surface area contributed by atoms with E-state index in [9.17, 15) is 4.79 Å². The van der Waals surface area contributed by atoms with Crippen LogP contribution in [0.4, 0.5) is 0 Å². The van der Waals surface area contributed by atoms with Crippen LogP contribution in [0.15, 0.2) is 69.8 Å². The van der Waals surface area contributed by atoms with Crippen molar-refractivity contribution in [2.24, 2.45) is 4.99 Å². The molecular formula is C20H18N2O2S. The van der Waals surface area contributed by atoms with Crippen LogP contribution in [0, 0.1) is 0 Å². The number of allylic oxidation sites excluding steroid dienone is 2. The van der Waals surface area contributed by atoms with Crippen molar-refractivity contribution in [3.8, 4) is 0 Å². The number of esters is 1. The number of aliphatic imine (C=N–C) groups is 1. The van der Waals surface area contributed by atoms with Crippen LogP contribution in [0.2, 0.25) is 0 Å². The van der Waals surface area contributed by atoms with E-state index in [1.807, 2.05) is 26.0 Å². The highest BCUT2D eigenvalue weighted by atomic mass is 32.2. The minimum absolute atomic E-state index is 0.226. The summed E-state index contributed by atoms with van der Waals surface area (Å²) in [7, 11) is 1.42. The Hall–Kier alpha value is -2.53. The number of ether oxygens (including phenoxy) is 1. The first kappa shape index (κ1) is 16.0. The number of benzene rings is 2. The van der Waals surface area contributed by atoms with Gasteiger partial charge in [0.1, 0.15) is 0 Å². The fourth-order valence-corrected chi connectivity index (χ4v) is 4.33. The molecule has 0 radical (unpaired) electrons. The van der Waals surface area contributed by atoms with Crippen LogP contribution in [0.5, 0.6) is 0 Å². The van der Waals surface area contributed by atoms with Gasteiger partial charge in [0, 0.05) is 5.70 Å². The minimum atomic E-state index is -0.330. The Morgan fingerprint density at radius 3 is 2.68 bits per heavy atom. The molecule has 5 heteroatoms. The van der Waals surface area contributed by atoms with Crippen LogP contribution in [0.3, 0.4) is 0 Å². The van der Waals surface area contributed by atoms with Crippen molar-refractivity contribution >= 4 is 33.7 Å². The first-order valence-electron chi connectivity index (χ1n) is 8.09. The molecule has 0 bridgehead atoms. The number of carbonyl (C=O) groups excluding carboxylic acids is 1. The third-order valence-electron chi connectivity index (χ3n) is 4.60. The lowest BCUT2D eigenvalue weighted by Crippen LogP contribution is -2.35. The number of rotatable bonds is 2. The zero-order valence-electron chi connectivity index (χ0n) is 14.3. The summed E-state index contributed by atoms with van der Waals surface area (Å²) in [5.74, 6) is -0.330. The Kier molecular flexibility index (Phi) is 3.88. The van der Waals surface area contributed by atoms with Gasteiger partial charge in [-0.1, -0.05) is 48.2 Å². The maximum absolute atomic E-state index is 12.5. The summed E-state index contributed by atoms with van der Waals surface area (Å²) in [6.45, 7) is 3.91. The first-order chi connectivity index (χ1) is 12.1. The van der Waals surface area contributed by atoms with E-state index in [1.165, 1.54) is 12.5 Å². The molecule has 2 heterocycles. The summed E-state index contributed by atoms with van der Waals surface area (Å²) in [5.41, 5.74) is 3.44. The fraction of sp³-hybridized carbons (Fsp3) is 0.200. The lowest BCUT2D eigenvalue weighted by molar-refractivity contribution is -0.136. The van der Waals surface area contributed by atoms with Crippen molar-refractivity contribution in [1.82, 2.24) is 4.90 Å². The van der Waals surface area contributed by atoms with Gasteiger partial charge < -0.3 is 9.64 Å². The highest BCUT2D eigenvalue weighted by molar-refractivity contribution is 8.16. The van der Waals surface area contributed by atoms with E-state index in [2.05, 4.69) is 45.6 Å². The summed E-state index contributed by atoms with van der Waals surface area (Å²) in [4.78, 5) is 19.3. The maximum Gasteiger partial charge on any atom is 0.338 e. The van der Waals surface area contributed by atoms with E-state index in [0.29, 0.717) is 11.3 Å². The van der Waals surface area contributed by atoms with Gasteiger partial charge in [-0.05, 0) is 41.7 Å². The third kappa shape index (κ3) is 2.55. The standard InChI is InChI=1S/C20H18N2O2S/c1-12-11-25-20-21-13(2)17(19(23)24-3)18(22(12)20)16-9-8-14-6-4-5-7-15(14)10-16/h4-11,18H,1-3H3. The SMILES string of the molecule is COC(=O)C1=C(C)N=C2SC=C(C)N2C1c1ccc2ccccc2c1. The lowest BCUT2D eigenvalue weighted by atomic mass is 9.92. The molecule has 0 amide bonds. The van der Waals surface area contributed by atoms with Crippen molar-refractivity contribution < 1.29 is 9.53 Å². The van der Waals surface area contributed by atoms with E-state index in [0.717, 1.165) is 21.8 Å². The normalized spacial score (nSPS) is 19.6. The molecule has 2 aliphatic heterocycles. The first-order valence-corrected chi connectivity index (χ1v) is 8.97. The van der Waals surface area contributed by atoms with E-state index < -0.39 is 0 Å². The average molecular weight is 350 g/mol. The van der Waals surface area contributed by atoms with Crippen molar-refractivity contribution in [1.29, 1.82) is 0 Å².